The van der Waals surface area contributed by atoms with Crippen molar-refractivity contribution in [3.63, 3.8) is 0 Å². The smallest absolute Gasteiger partial charge is 0.308 e. The molecule has 0 aliphatic rings. The number of hydrogen-bond donors (Lipinski definition) is 2. The summed E-state index contributed by atoms with van der Waals surface area (Å²) in [6, 6.07) is 13.4. The third-order valence-electron chi connectivity index (χ3n) is 3.67. The van der Waals surface area contributed by atoms with Crippen molar-refractivity contribution in [3.05, 3.63) is 66.0 Å². The largest absolute Gasteiger partial charge is 0.323 e. The molecule has 24 heavy (non-hydrogen) atoms. The molecule has 0 saturated heterocycles. The summed E-state index contributed by atoms with van der Waals surface area (Å²) in [5.74, 6) is 0. The normalized spacial score (nSPS) is 10.5. The van der Waals surface area contributed by atoms with Crippen molar-refractivity contribution >= 4 is 17.4 Å². The Balaban J connectivity index is 1.80. The van der Waals surface area contributed by atoms with E-state index in [1.165, 1.54) is 0 Å². The predicted molar refractivity (Wildman–Crippen MR) is 97.2 cm³/mol. The summed E-state index contributed by atoms with van der Waals surface area (Å²) >= 11 is 0. The van der Waals surface area contributed by atoms with Crippen molar-refractivity contribution in [2.24, 2.45) is 7.05 Å². The zero-order chi connectivity index (χ0) is 17.1. The quantitative estimate of drug-likeness (QED) is 0.754. The summed E-state index contributed by atoms with van der Waals surface area (Å²) in [5.41, 5.74) is 5.64. The average molecular weight is 320 g/mol. The molecule has 1 heterocycles. The van der Waals surface area contributed by atoms with Crippen LogP contribution in [0.2, 0.25) is 0 Å². The second kappa shape index (κ2) is 6.58. The molecule has 0 spiro atoms. The lowest BCUT2D eigenvalue weighted by Gasteiger charge is -2.12. The van der Waals surface area contributed by atoms with E-state index in [0.717, 1.165) is 33.6 Å². The van der Waals surface area contributed by atoms with Crippen LogP contribution in [0.25, 0.3) is 11.1 Å². The Bertz CT molecular complexity index is 862. The van der Waals surface area contributed by atoms with Crippen molar-refractivity contribution in [3.8, 4) is 11.1 Å². The van der Waals surface area contributed by atoms with Crippen LogP contribution in [-0.4, -0.2) is 15.8 Å². The summed E-state index contributed by atoms with van der Waals surface area (Å²) in [4.78, 5) is 12.4. The predicted octanol–water partition coefficient (Wildman–Crippen LogP) is 4.35. The molecule has 0 radical (unpaired) electrons. The molecule has 2 amide bonds. The minimum atomic E-state index is -0.267. The highest BCUT2D eigenvalue weighted by molar-refractivity contribution is 6.02. The van der Waals surface area contributed by atoms with Gasteiger partial charge in [-0.15, -0.1) is 0 Å². The molecule has 2 N–H and O–H groups in total. The van der Waals surface area contributed by atoms with Crippen LogP contribution in [0, 0.1) is 13.8 Å². The second-order valence-corrected chi connectivity index (χ2v) is 5.90. The Morgan fingerprint density at radius 1 is 1.04 bits per heavy atom. The number of aromatic nitrogens is 2. The van der Waals surface area contributed by atoms with Gasteiger partial charge in [0.15, 0.2) is 0 Å². The molecule has 3 aromatic rings. The van der Waals surface area contributed by atoms with Crippen molar-refractivity contribution in [2.75, 3.05) is 10.6 Å². The molecule has 2 aromatic carbocycles. The third-order valence-corrected chi connectivity index (χ3v) is 3.67. The number of carbonyl (C=O) groups excluding carboxylic acids is 1. The highest BCUT2D eigenvalue weighted by Crippen LogP contribution is 2.27. The van der Waals surface area contributed by atoms with Crippen LogP contribution in [-0.2, 0) is 7.05 Å². The van der Waals surface area contributed by atoms with Gasteiger partial charge in [-0.05, 0) is 43.2 Å². The maximum absolute atomic E-state index is 12.4. The monoisotopic (exact) mass is 320 g/mol. The fourth-order valence-electron chi connectivity index (χ4n) is 2.74. The number of para-hydroxylation sites is 1. The Morgan fingerprint density at radius 3 is 2.42 bits per heavy atom. The first-order chi connectivity index (χ1) is 11.5. The van der Waals surface area contributed by atoms with Gasteiger partial charge in [0, 0.05) is 30.1 Å². The van der Waals surface area contributed by atoms with Gasteiger partial charge in [-0.1, -0.05) is 24.3 Å². The van der Waals surface area contributed by atoms with Gasteiger partial charge in [-0.25, -0.2) is 4.79 Å². The van der Waals surface area contributed by atoms with Crippen LogP contribution in [0.1, 0.15) is 11.1 Å². The molecule has 5 nitrogen and oxygen atoms in total. The van der Waals surface area contributed by atoms with E-state index >= 15 is 0 Å². The van der Waals surface area contributed by atoms with Gasteiger partial charge in [0.25, 0.3) is 0 Å². The number of carbonyl (C=O) groups is 1. The van der Waals surface area contributed by atoms with E-state index < -0.39 is 0 Å². The lowest BCUT2D eigenvalue weighted by molar-refractivity contribution is 0.262. The van der Waals surface area contributed by atoms with E-state index in [9.17, 15) is 4.79 Å². The first-order valence-electron chi connectivity index (χ1n) is 7.75. The number of amides is 2. The lowest BCUT2D eigenvalue weighted by atomic mass is 10.1. The number of rotatable bonds is 3. The van der Waals surface area contributed by atoms with Crippen molar-refractivity contribution < 1.29 is 4.79 Å². The number of hydrogen-bond acceptors (Lipinski definition) is 2. The zero-order valence-electron chi connectivity index (χ0n) is 14.0. The van der Waals surface area contributed by atoms with Crippen LogP contribution in [0.5, 0.6) is 0 Å². The van der Waals surface area contributed by atoms with E-state index in [1.807, 2.05) is 63.5 Å². The topological polar surface area (TPSA) is 59.0 Å². The Labute approximate surface area is 141 Å². The van der Waals surface area contributed by atoms with E-state index in [1.54, 1.807) is 10.9 Å². The highest BCUT2D eigenvalue weighted by Gasteiger charge is 2.10. The number of aryl methyl sites for hydroxylation is 3. The molecular formula is C19H20N4O. The SMILES string of the molecule is Cc1cc(C)cc(NC(=O)Nc2ccccc2-c2cnn(C)c2)c1. The molecule has 122 valence electrons. The summed E-state index contributed by atoms with van der Waals surface area (Å²) in [6.07, 6.45) is 3.70. The Kier molecular flexibility index (Phi) is 4.33. The van der Waals surface area contributed by atoms with Gasteiger partial charge in [0.1, 0.15) is 0 Å². The minimum Gasteiger partial charge on any atom is -0.308 e. The van der Waals surface area contributed by atoms with E-state index in [0.29, 0.717) is 0 Å². The highest BCUT2D eigenvalue weighted by atomic mass is 16.2. The number of anilines is 2. The number of nitrogens with one attached hydrogen (secondary N) is 2. The van der Waals surface area contributed by atoms with E-state index in [4.69, 9.17) is 0 Å². The zero-order valence-corrected chi connectivity index (χ0v) is 14.0. The minimum absolute atomic E-state index is 0.267. The van der Waals surface area contributed by atoms with Crippen molar-refractivity contribution in [2.45, 2.75) is 13.8 Å². The van der Waals surface area contributed by atoms with Gasteiger partial charge in [0.05, 0.1) is 11.9 Å². The van der Waals surface area contributed by atoms with Crippen LogP contribution in [0.15, 0.2) is 54.9 Å². The Hall–Kier alpha value is -3.08. The molecule has 0 saturated carbocycles. The molecule has 0 bridgehead atoms. The second-order valence-electron chi connectivity index (χ2n) is 5.90. The summed E-state index contributed by atoms with van der Waals surface area (Å²) < 4.78 is 1.74. The van der Waals surface area contributed by atoms with Gasteiger partial charge >= 0.3 is 6.03 Å². The van der Waals surface area contributed by atoms with Gasteiger partial charge in [-0.3, -0.25) is 4.68 Å². The molecule has 3 rings (SSSR count). The molecule has 0 aliphatic heterocycles. The van der Waals surface area contributed by atoms with Gasteiger partial charge < -0.3 is 10.6 Å². The van der Waals surface area contributed by atoms with Gasteiger partial charge in [-0.2, -0.15) is 5.10 Å². The number of urea groups is 1. The molecule has 0 atom stereocenters. The van der Waals surface area contributed by atoms with E-state index in [2.05, 4.69) is 21.8 Å². The molecule has 5 heteroatoms. The first kappa shape index (κ1) is 15.8. The van der Waals surface area contributed by atoms with Crippen molar-refractivity contribution in [1.82, 2.24) is 9.78 Å². The number of benzene rings is 2. The third kappa shape index (κ3) is 3.63. The molecule has 0 aliphatic carbocycles. The lowest BCUT2D eigenvalue weighted by Crippen LogP contribution is -2.20. The summed E-state index contributed by atoms with van der Waals surface area (Å²) in [7, 11) is 1.87. The average Bonchev–Trinajstić information content (AvgIpc) is 2.93. The van der Waals surface area contributed by atoms with Crippen LogP contribution < -0.4 is 10.6 Å². The summed E-state index contributed by atoms with van der Waals surface area (Å²) in [6.45, 7) is 4.02. The number of nitrogens with zero attached hydrogens (tertiary/aromatic N) is 2. The fourth-order valence-corrected chi connectivity index (χ4v) is 2.74. The standard InChI is InChI=1S/C19H20N4O/c1-13-8-14(2)10-16(9-13)21-19(24)22-18-7-5-4-6-17(18)15-11-20-23(3)12-15/h4-12H,1-3H3,(H2,21,22,24). The van der Waals surface area contributed by atoms with Crippen LogP contribution in [0.3, 0.4) is 0 Å². The maximum Gasteiger partial charge on any atom is 0.323 e. The molecule has 1 aromatic heterocycles. The first-order valence-corrected chi connectivity index (χ1v) is 7.75. The fraction of sp³-hybridized carbons (Fsp3) is 0.158. The van der Waals surface area contributed by atoms with E-state index in [-0.39, 0.29) is 6.03 Å². The molecule has 0 unspecified atom stereocenters. The van der Waals surface area contributed by atoms with Gasteiger partial charge in [0.2, 0.25) is 0 Å². The van der Waals surface area contributed by atoms with Crippen LogP contribution in [0.4, 0.5) is 16.2 Å². The maximum atomic E-state index is 12.4. The molecular weight excluding hydrogens is 300 g/mol. The Morgan fingerprint density at radius 2 is 1.75 bits per heavy atom. The molecule has 0 fully saturated rings. The summed E-state index contributed by atoms with van der Waals surface area (Å²) in [5, 5.41) is 9.99. The van der Waals surface area contributed by atoms with Crippen LogP contribution >= 0.6 is 0 Å². The van der Waals surface area contributed by atoms with Crippen molar-refractivity contribution in [1.29, 1.82) is 0 Å².